The zero-order chi connectivity index (χ0) is 12.2. The van der Waals surface area contributed by atoms with Crippen LogP contribution in [-0.4, -0.2) is 17.6 Å². The summed E-state index contributed by atoms with van der Waals surface area (Å²) in [7, 11) is 0. The van der Waals surface area contributed by atoms with Crippen LogP contribution in [0.4, 0.5) is 18.9 Å². The minimum atomic E-state index is -4.32. The second-order valence-corrected chi connectivity index (χ2v) is 3.10. The highest BCUT2D eigenvalue weighted by atomic mass is 35.5. The van der Waals surface area contributed by atoms with Crippen LogP contribution in [0.2, 0.25) is 0 Å². The molecule has 0 saturated heterocycles. The minimum absolute atomic E-state index is 0. The quantitative estimate of drug-likeness (QED) is 0.676. The van der Waals surface area contributed by atoms with Gasteiger partial charge in [0.15, 0.2) is 0 Å². The average Bonchev–Trinajstić information content (AvgIpc) is 2.16. The molecule has 1 aromatic carbocycles. The van der Waals surface area contributed by atoms with Crippen molar-refractivity contribution in [3.8, 4) is 0 Å². The predicted octanol–water partition coefficient (Wildman–Crippen LogP) is 2.67. The molecule has 0 bridgehead atoms. The first-order chi connectivity index (χ1) is 7.40. The molecule has 0 aliphatic carbocycles. The molecule has 1 N–H and O–H groups in total. The second kappa shape index (κ2) is 6.41. The van der Waals surface area contributed by atoms with Crippen molar-refractivity contribution in [3.63, 3.8) is 0 Å². The summed E-state index contributed by atoms with van der Waals surface area (Å²) in [5, 5.41) is 12.6. The molecule has 0 fully saturated rings. The molecule has 0 amide bonds. The van der Waals surface area contributed by atoms with Crippen LogP contribution in [0.15, 0.2) is 24.3 Å². The van der Waals surface area contributed by atoms with E-state index >= 15 is 0 Å². The van der Waals surface area contributed by atoms with Crippen molar-refractivity contribution >= 4 is 18.1 Å². The molecule has 0 unspecified atom stereocenters. The summed E-state index contributed by atoms with van der Waals surface area (Å²) in [5.41, 5.74) is 0.0499. The molecule has 1 aromatic rings. The van der Waals surface area contributed by atoms with Gasteiger partial charge in [-0.1, -0.05) is 18.2 Å². The topological polar surface area (TPSA) is 55.2 Å². The molecular formula is C9H10ClF3N2O2. The van der Waals surface area contributed by atoms with E-state index in [1.807, 2.05) is 0 Å². The Kier molecular flexibility index (Phi) is 5.90. The molecule has 0 aliphatic heterocycles. The van der Waals surface area contributed by atoms with E-state index in [0.717, 1.165) is 0 Å². The van der Waals surface area contributed by atoms with Crippen LogP contribution in [0.1, 0.15) is 5.56 Å². The second-order valence-electron chi connectivity index (χ2n) is 3.10. The van der Waals surface area contributed by atoms with Crippen molar-refractivity contribution in [2.24, 2.45) is 0 Å². The van der Waals surface area contributed by atoms with Crippen LogP contribution in [0.5, 0.6) is 0 Å². The van der Waals surface area contributed by atoms with Gasteiger partial charge in [0.05, 0.1) is 11.5 Å². The Bertz CT molecular complexity index is 385. The van der Waals surface area contributed by atoms with Crippen LogP contribution in [0, 0.1) is 10.1 Å². The third-order valence-electron chi connectivity index (χ3n) is 1.83. The van der Waals surface area contributed by atoms with Crippen LogP contribution in [-0.2, 0) is 6.54 Å². The summed E-state index contributed by atoms with van der Waals surface area (Å²) in [6.07, 6.45) is -4.32. The number of halogens is 4. The number of alkyl halides is 3. The molecule has 8 heteroatoms. The summed E-state index contributed by atoms with van der Waals surface area (Å²) >= 11 is 0. The summed E-state index contributed by atoms with van der Waals surface area (Å²) in [4.78, 5) is 9.92. The first-order valence-electron chi connectivity index (χ1n) is 4.40. The Hall–Kier alpha value is -1.34. The fourth-order valence-electron chi connectivity index (χ4n) is 1.18. The number of hydrogen-bond donors (Lipinski definition) is 1. The van der Waals surface area contributed by atoms with Gasteiger partial charge < -0.3 is 5.32 Å². The summed E-state index contributed by atoms with van der Waals surface area (Å²) in [5.74, 6) is 0. The Morgan fingerprint density at radius 3 is 2.41 bits per heavy atom. The van der Waals surface area contributed by atoms with E-state index in [1.165, 1.54) is 24.3 Å². The van der Waals surface area contributed by atoms with E-state index in [2.05, 4.69) is 5.32 Å². The first-order valence-corrected chi connectivity index (χ1v) is 4.40. The molecule has 96 valence electrons. The van der Waals surface area contributed by atoms with Crippen LogP contribution in [0.3, 0.4) is 0 Å². The van der Waals surface area contributed by atoms with E-state index in [4.69, 9.17) is 0 Å². The molecular weight excluding hydrogens is 261 g/mol. The normalized spacial score (nSPS) is 10.8. The highest BCUT2D eigenvalue weighted by Gasteiger charge is 2.26. The van der Waals surface area contributed by atoms with Crippen LogP contribution < -0.4 is 5.32 Å². The standard InChI is InChI=1S/C9H9F3N2O2.ClH/c10-9(11,12)6-13-5-7-3-1-2-4-8(7)14(15)16;/h1-4,13H,5-6H2;1H. The Morgan fingerprint density at radius 2 is 1.88 bits per heavy atom. The molecule has 0 radical (unpaired) electrons. The number of benzene rings is 1. The van der Waals surface area contributed by atoms with Gasteiger partial charge in [-0.15, -0.1) is 12.4 Å². The molecule has 0 atom stereocenters. The number of nitrogens with zero attached hydrogens (tertiary/aromatic N) is 1. The van der Waals surface area contributed by atoms with E-state index in [9.17, 15) is 23.3 Å². The third kappa shape index (κ3) is 5.50. The fourth-order valence-corrected chi connectivity index (χ4v) is 1.18. The van der Waals surface area contributed by atoms with Gasteiger partial charge in [0.1, 0.15) is 0 Å². The zero-order valence-electron chi connectivity index (χ0n) is 8.53. The van der Waals surface area contributed by atoms with Crippen molar-refractivity contribution in [2.45, 2.75) is 12.7 Å². The van der Waals surface area contributed by atoms with E-state index in [1.54, 1.807) is 0 Å². The van der Waals surface area contributed by atoms with Gasteiger partial charge in [-0.2, -0.15) is 13.2 Å². The third-order valence-corrected chi connectivity index (χ3v) is 1.83. The van der Waals surface area contributed by atoms with Crippen LogP contribution >= 0.6 is 12.4 Å². The van der Waals surface area contributed by atoms with E-state index < -0.39 is 17.6 Å². The van der Waals surface area contributed by atoms with Crippen LogP contribution in [0.25, 0.3) is 0 Å². The van der Waals surface area contributed by atoms with Crippen molar-refractivity contribution in [1.29, 1.82) is 0 Å². The molecule has 0 aliphatic rings. The lowest BCUT2D eigenvalue weighted by Gasteiger charge is -2.08. The average molecular weight is 271 g/mol. The number of rotatable bonds is 4. The van der Waals surface area contributed by atoms with Gasteiger partial charge in [0.25, 0.3) is 5.69 Å². The maximum absolute atomic E-state index is 11.8. The van der Waals surface area contributed by atoms with Gasteiger partial charge >= 0.3 is 6.18 Å². The molecule has 4 nitrogen and oxygen atoms in total. The number of nitrogens with one attached hydrogen (secondary N) is 1. The number of hydrogen-bond acceptors (Lipinski definition) is 3. The Labute approximate surface area is 101 Å². The lowest BCUT2D eigenvalue weighted by molar-refractivity contribution is -0.385. The number of nitro groups is 1. The summed E-state index contributed by atoms with van der Waals surface area (Å²) in [6.45, 7) is -1.35. The number of nitro benzene ring substituents is 1. The van der Waals surface area contributed by atoms with Crippen molar-refractivity contribution in [2.75, 3.05) is 6.54 Å². The Morgan fingerprint density at radius 1 is 1.29 bits per heavy atom. The highest BCUT2D eigenvalue weighted by molar-refractivity contribution is 5.85. The van der Waals surface area contributed by atoms with Crippen molar-refractivity contribution < 1.29 is 18.1 Å². The highest BCUT2D eigenvalue weighted by Crippen LogP contribution is 2.18. The van der Waals surface area contributed by atoms with Gasteiger partial charge in [-0.05, 0) is 0 Å². The van der Waals surface area contributed by atoms with Gasteiger partial charge in [-0.3, -0.25) is 10.1 Å². The SMILES string of the molecule is Cl.O=[N+]([O-])c1ccccc1CNCC(F)(F)F. The molecule has 0 spiro atoms. The maximum Gasteiger partial charge on any atom is 0.401 e. The first kappa shape index (κ1) is 15.7. The zero-order valence-corrected chi connectivity index (χ0v) is 9.35. The number of para-hydroxylation sites is 1. The van der Waals surface area contributed by atoms with Crippen molar-refractivity contribution in [3.05, 3.63) is 39.9 Å². The molecule has 17 heavy (non-hydrogen) atoms. The smallest absolute Gasteiger partial charge is 0.304 e. The molecule has 0 saturated carbocycles. The van der Waals surface area contributed by atoms with Gasteiger partial charge in [0.2, 0.25) is 0 Å². The molecule has 0 aromatic heterocycles. The predicted molar refractivity (Wildman–Crippen MR) is 58.1 cm³/mol. The van der Waals surface area contributed by atoms with Crippen molar-refractivity contribution in [1.82, 2.24) is 5.32 Å². The molecule has 1 rings (SSSR count). The van der Waals surface area contributed by atoms with E-state index in [-0.39, 0.29) is 30.2 Å². The maximum atomic E-state index is 11.8. The monoisotopic (exact) mass is 270 g/mol. The largest absolute Gasteiger partial charge is 0.401 e. The lowest BCUT2D eigenvalue weighted by atomic mass is 10.2. The summed E-state index contributed by atoms with van der Waals surface area (Å²) in [6, 6.07) is 5.68. The summed E-state index contributed by atoms with van der Waals surface area (Å²) < 4.78 is 35.5. The van der Waals surface area contributed by atoms with Gasteiger partial charge in [0, 0.05) is 18.2 Å². The minimum Gasteiger partial charge on any atom is -0.304 e. The molecule has 0 heterocycles. The Balaban J connectivity index is 0.00000256. The van der Waals surface area contributed by atoms with E-state index in [0.29, 0.717) is 0 Å². The van der Waals surface area contributed by atoms with Gasteiger partial charge in [-0.25, -0.2) is 0 Å². The fraction of sp³-hybridized carbons (Fsp3) is 0.333. The lowest BCUT2D eigenvalue weighted by Crippen LogP contribution is -2.28.